The largest absolute Gasteiger partial charge is 0.351 e. The van der Waals surface area contributed by atoms with Crippen molar-refractivity contribution in [2.24, 2.45) is 0 Å². The van der Waals surface area contributed by atoms with Gasteiger partial charge >= 0.3 is 0 Å². The van der Waals surface area contributed by atoms with Crippen LogP contribution in [0.5, 0.6) is 0 Å². The number of halogens is 1. The van der Waals surface area contributed by atoms with E-state index in [9.17, 15) is 9.59 Å². The maximum Gasteiger partial charge on any atom is 0.230 e. The molecule has 20 heavy (non-hydrogen) atoms. The molecule has 0 aliphatic rings. The van der Waals surface area contributed by atoms with Gasteiger partial charge in [0.15, 0.2) is 5.78 Å². The van der Waals surface area contributed by atoms with Crippen molar-refractivity contribution in [3.63, 3.8) is 0 Å². The van der Waals surface area contributed by atoms with Gasteiger partial charge in [-0.25, -0.2) is 0 Å². The predicted molar refractivity (Wildman–Crippen MR) is 82.0 cm³/mol. The SMILES string of the molecule is O=C(CBr)NCc1ccc(C(=O)c2ccccc2)cc1. The molecule has 0 unspecified atom stereocenters. The standard InChI is InChI=1S/C16H14BrNO2/c17-10-15(19)18-11-12-6-8-14(9-7-12)16(20)13-4-2-1-3-5-13/h1-9H,10-11H2,(H,18,19). The van der Waals surface area contributed by atoms with Crippen LogP contribution in [0.1, 0.15) is 21.5 Å². The van der Waals surface area contributed by atoms with E-state index in [0.717, 1.165) is 5.56 Å². The Morgan fingerprint density at radius 3 is 2.10 bits per heavy atom. The summed E-state index contributed by atoms with van der Waals surface area (Å²) in [6.45, 7) is 0.463. The van der Waals surface area contributed by atoms with Crippen LogP contribution < -0.4 is 5.32 Å². The van der Waals surface area contributed by atoms with Crippen LogP contribution >= 0.6 is 15.9 Å². The third-order valence-electron chi connectivity index (χ3n) is 2.86. The molecule has 2 rings (SSSR count). The fraction of sp³-hybridized carbons (Fsp3) is 0.125. The molecular formula is C16H14BrNO2. The van der Waals surface area contributed by atoms with Gasteiger partial charge < -0.3 is 5.32 Å². The van der Waals surface area contributed by atoms with Gasteiger partial charge in [-0.2, -0.15) is 0 Å². The molecule has 1 N–H and O–H groups in total. The first-order chi connectivity index (χ1) is 9.70. The summed E-state index contributed by atoms with van der Waals surface area (Å²) in [5.74, 6) is -0.0592. The number of nitrogens with one attached hydrogen (secondary N) is 1. The molecule has 0 radical (unpaired) electrons. The molecular weight excluding hydrogens is 318 g/mol. The minimum absolute atomic E-state index is 0.00152. The lowest BCUT2D eigenvalue weighted by Gasteiger charge is -2.05. The van der Waals surface area contributed by atoms with Gasteiger partial charge in [0.25, 0.3) is 0 Å². The van der Waals surface area contributed by atoms with Crippen molar-refractivity contribution in [2.45, 2.75) is 6.54 Å². The van der Waals surface area contributed by atoms with Gasteiger partial charge in [-0.15, -0.1) is 0 Å². The minimum Gasteiger partial charge on any atom is -0.351 e. The van der Waals surface area contributed by atoms with Crippen molar-refractivity contribution in [3.05, 3.63) is 71.3 Å². The van der Waals surface area contributed by atoms with E-state index in [-0.39, 0.29) is 17.0 Å². The molecule has 0 atom stereocenters. The molecule has 0 bridgehead atoms. The van der Waals surface area contributed by atoms with Crippen LogP contribution in [0.15, 0.2) is 54.6 Å². The molecule has 0 saturated carbocycles. The summed E-state index contributed by atoms with van der Waals surface area (Å²) in [5.41, 5.74) is 2.28. The van der Waals surface area contributed by atoms with Gasteiger partial charge in [-0.1, -0.05) is 70.5 Å². The Hall–Kier alpha value is -1.94. The number of hydrogen-bond acceptors (Lipinski definition) is 2. The number of ketones is 1. The van der Waals surface area contributed by atoms with Gasteiger partial charge in [-0.05, 0) is 5.56 Å². The summed E-state index contributed by atoms with van der Waals surface area (Å²) in [6, 6.07) is 16.4. The molecule has 1 amide bonds. The lowest BCUT2D eigenvalue weighted by Crippen LogP contribution is -2.23. The lowest BCUT2D eigenvalue weighted by atomic mass is 10.0. The Labute approximate surface area is 126 Å². The molecule has 0 aromatic heterocycles. The second-order valence-electron chi connectivity index (χ2n) is 4.30. The van der Waals surface area contributed by atoms with Gasteiger partial charge in [0.05, 0.1) is 5.33 Å². The highest BCUT2D eigenvalue weighted by Gasteiger charge is 2.08. The Morgan fingerprint density at radius 2 is 1.50 bits per heavy atom. The average molecular weight is 332 g/mol. The zero-order chi connectivity index (χ0) is 14.4. The van der Waals surface area contributed by atoms with Crippen LogP contribution in [-0.2, 0) is 11.3 Å². The van der Waals surface area contributed by atoms with Crippen molar-refractivity contribution in [1.82, 2.24) is 5.32 Å². The van der Waals surface area contributed by atoms with Crippen molar-refractivity contribution in [2.75, 3.05) is 5.33 Å². The van der Waals surface area contributed by atoms with Crippen LogP contribution in [0.25, 0.3) is 0 Å². The summed E-state index contributed by atoms with van der Waals surface area (Å²) in [4.78, 5) is 23.3. The normalized spacial score (nSPS) is 10.1. The topological polar surface area (TPSA) is 46.2 Å². The van der Waals surface area contributed by atoms with Gasteiger partial charge in [0.1, 0.15) is 0 Å². The smallest absolute Gasteiger partial charge is 0.230 e. The Balaban J connectivity index is 2.05. The maximum absolute atomic E-state index is 12.2. The molecule has 0 spiro atoms. The van der Waals surface area contributed by atoms with Gasteiger partial charge in [0, 0.05) is 17.7 Å². The quantitative estimate of drug-likeness (QED) is 0.676. The second kappa shape index (κ2) is 7.01. The predicted octanol–water partition coefficient (Wildman–Crippen LogP) is 2.93. The van der Waals surface area contributed by atoms with E-state index in [2.05, 4.69) is 21.2 Å². The molecule has 0 aliphatic carbocycles. The highest BCUT2D eigenvalue weighted by atomic mass is 79.9. The van der Waals surface area contributed by atoms with Crippen LogP contribution in [0, 0.1) is 0 Å². The first-order valence-corrected chi connectivity index (χ1v) is 7.34. The number of carbonyl (C=O) groups excluding carboxylic acids is 2. The van der Waals surface area contributed by atoms with E-state index in [1.165, 1.54) is 0 Å². The highest BCUT2D eigenvalue weighted by Crippen LogP contribution is 2.11. The molecule has 0 heterocycles. The molecule has 4 heteroatoms. The van der Waals surface area contributed by atoms with Gasteiger partial charge in [-0.3, -0.25) is 9.59 Å². The zero-order valence-corrected chi connectivity index (χ0v) is 12.4. The van der Waals surface area contributed by atoms with E-state index in [1.807, 2.05) is 30.3 Å². The van der Waals surface area contributed by atoms with Crippen molar-refractivity contribution >= 4 is 27.6 Å². The van der Waals surface area contributed by atoms with Crippen LogP contribution in [0.4, 0.5) is 0 Å². The van der Waals surface area contributed by atoms with E-state index in [0.29, 0.717) is 17.7 Å². The Bertz CT molecular complexity index is 594. The molecule has 0 aliphatic heterocycles. The Morgan fingerprint density at radius 1 is 0.900 bits per heavy atom. The molecule has 102 valence electrons. The summed E-state index contributed by atoms with van der Waals surface area (Å²) in [5, 5.41) is 3.05. The number of alkyl halides is 1. The first kappa shape index (κ1) is 14.5. The molecule has 0 fully saturated rings. The monoisotopic (exact) mass is 331 g/mol. The number of rotatable bonds is 5. The van der Waals surface area contributed by atoms with E-state index in [1.54, 1.807) is 24.3 Å². The molecule has 0 saturated heterocycles. The zero-order valence-electron chi connectivity index (χ0n) is 10.8. The van der Waals surface area contributed by atoms with E-state index >= 15 is 0 Å². The van der Waals surface area contributed by atoms with Crippen LogP contribution in [0.3, 0.4) is 0 Å². The highest BCUT2D eigenvalue weighted by molar-refractivity contribution is 9.09. The number of carbonyl (C=O) groups is 2. The molecule has 3 nitrogen and oxygen atoms in total. The molecule has 2 aromatic rings. The minimum atomic E-state index is -0.0607. The molecule has 2 aromatic carbocycles. The summed E-state index contributed by atoms with van der Waals surface area (Å²) < 4.78 is 0. The summed E-state index contributed by atoms with van der Waals surface area (Å²) >= 11 is 3.09. The fourth-order valence-electron chi connectivity index (χ4n) is 1.78. The second-order valence-corrected chi connectivity index (χ2v) is 4.86. The van der Waals surface area contributed by atoms with E-state index in [4.69, 9.17) is 0 Å². The lowest BCUT2D eigenvalue weighted by molar-refractivity contribution is -0.118. The fourth-order valence-corrected chi connectivity index (χ4v) is 1.98. The van der Waals surface area contributed by atoms with Gasteiger partial charge in [0.2, 0.25) is 5.91 Å². The third-order valence-corrected chi connectivity index (χ3v) is 3.37. The third kappa shape index (κ3) is 3.78. The van der Waals surface area contributed by atoms with Crippen molar-refractivity contribution < 1.29 is 9.59 Å². The van der Waals surface area contributed by atoms with Crippen molar-refractivity contribution in [1.29, 1.82) is 0 Å². The van der Waals surface area contributed by atoms with Crippen LogP contribution in [-0.4, -0.2) is 17.0 Å². The number of hydrogen-bond donors (Lipinski definition) is 1. The summed E-state index contributed by atoms with van der Waals surface area (Å²) in [7, 11) is 0. The average Bonchev–Trinajstić information content (AvgIpc) is 2.53. The van der Waals surface area contributed by atoms with Crippen LogP contribution in [0.2, 0.25) is 0 Å². The number of benzene rings is 2. The summed E-state index contributed by atoms with van der Waals surface area (Å²) in [6.07, 6.45) is 0. The maximum atomic E-state index is 12.2. The van der Waals surface area contributed by atoms with E-state index < -0.39 is 0 Å². The first-order valence-electron chi connectivity index (χ1n) is 6.22. The number of amides is 1. The van der Waals surface area contributed by atoms with Crippen molar-refractivity contribution in [3.8, 4) is 0 Å². The Kier molecular flexibility index (Phi) is 5.07.